The first-order chi connectivity index (χ1) is 12.9. The topological polar surface area (TPSA) is 15.6 Å². The molecule has 5 rings (SSSR count). The Morgan fingerprint density at radius 1 is 0.885 bits per heavy atom. The summed E-state index contributed by atoms with van der Waals surface area (Å²) in [5.74, 6) is 2.94. The third kappa shape index (κ3) is 2.68. The lowest BCUT2D eigenvalue weighted by molar-refractivity contribution is 0.301. The van der Waals surface area contributed by atoms with Crippen LogP contribution in [0.2, 0.25) is 0 Å². The van der Waals surface area contributed by atoms with Crippen LogP contribution in [-0.4, -0.2) is 29.6 Å². The summed E-state index contributed by atoms with van der Waals surface area (Å²) in [7, 11) is 0. The molecule has 0 amide bonds. The van der Waals surface area contributed by atoms with Gasteiger partial charge in [0.2, 0.25) is 0 Å². The fourth-order valence-corrected chi connectivity index (χ4v) is 5.71. The van der Waals surface area contributed by atoms with Crippen molar-refractivity contribution in [1.29, 1.82) is 0 Å². The van der Waals surface area contributed by atoms with E-state index in [-0.39, 0.29) is 5.41 Å². The molecule has 1 saturated heterocycles. The van der Waals surface area contributed by atoms with Crippen LogP contribution in [0.3, 0.4) is 0 Å². The highest BCUT2D eigenvalue weighted by molar-refractivity contribution is 7.98. The molecule has 0 aromatic heterocycles. The summed E-state index contributed by atoms with van der Waals surface area (Å²) in [6.45, 7) is 2.35. The second-order valence-corrected chi connectivity index (χ2v) is 8.74. The maximum Gasteiger partial charge on any atom is 0.120 e. The van der Waals surface area contributed by atoms with Gasteiger partial charge < -0.3 is 4.90 Å². The van der Waals surface area contributed by atoms with E-state index in [2.05, 4.69) is 59.5 Å². The maximum atomic E-state index is 4.81. The molecule has 2 fully saturated rings. The van der Waals surface area contributed by atoms with Gasteiger partial charge in [0.15, 0.2) is 0 Å². The number of hydrogen-bond donors (Lipinski definition) is 0. The number of piperidine rings is 1. The molecule has 0 bridgehead atoms. The third-order valence-corrected chi connectivity index (χ3v) is 7.25. The van der Waals surface area contributed by atoms with E-state index in [0.717, 1.165) is 12.3 Å². The first-order valence-corrected chi connectivity index (χ1v) is 10.9. The van der Waals surface area contributed by atoms with Gasteiger partial charge in [0.25, 0.3) is 0 Å². The van der Waals surface area contributed by atoms with Gasteiger partial charge in [-0.3, -0.25) is 0 Å². The molecule has 2 aromatic carbocycles. The smallest absolute Gasteiger partial charge is 0.120 e. The third-order valence-electron chi connectivity index (χ3n) is 6.57. The van der Waals surface area contributed by atoms with Gasteiger partial charge in [0.1, 0.15) is 5.84 Å². The highest BCUT2D eigenvalue weighted by Crippen LogP contribution is 2.49. The van der Waals surface area contributed by atoms with Crippen LogP contribution < -0.4 is 0 Å². The maximum absolute atomic E-state index is 4.81. The van der Waals surface area contributed by atoms with E-state index in [4.69, 9.17) is 4.40 Å². The Bertz CT molecular complexity index is 793. The predicted molar refractivity (Wildman–Crippen MR) is 111 cm³/mol. The molecule has 0 N–H and O–H groups in total. The number of rotatable bonds is 3. The first-order valence-electron chi connectivity index (χ1n) is 9.98. The Balaban J connectivity index is 1.45. The minimum Gasteiger partial charge on any atom is -0.358 e. The van der Waals surface area contributed by atoms with Crippen LogP contribution >= 0.6 is 11.9 Å². The lowest BCUT2D eigenvalue weighted by Crippen LogP contribution is -2.43. The van der Waals surface area contributed by atoms with Crippen LogP contribution in [0.1, 0.15) is 54.7 Å². The van der Waals surface area contributed by atoms with Crippen molar-refractivity contribution >= 4 is 17.8 Å². The summed E-state index contributed by atoms with van der Waals surface area (Å²) in [6, 6.07) is 20.7. The van der Waals surface area contributed by atoms with Gasteiger partial charge in [-0.15, -0.1) is 0 Å². The molecule has 134 valence electrons. The summed E-state index contributed by atoms with van der Waals surface area (Å²) in [6.07, 6.45) is 6.40. The van der Waals surface area contributed by atoms with Crippen LogP contribution in [0.5, 0.6) is 0 Å². The van der Waals surface area contributed by atoms with E-state index in [1.165, 1.54) is 61.2 Å². The van der Waals surface area contributed by atoms with Gasteiger partial charge in [-0.2, -0.15) is 0 Å². The van der Waals surface area contributed by atoms with Crippen molar-refractivity contribution in [3.05, 3.63) is 71.3 Å². The quantitative estimate of drug-likeness (QED) is 0.680. The van der Waals surface area contributed by atoms with Crippen molar-refractivity contribution < 1.29 is 0 Å². The average molecular weight is 363 g/mol. The molecule has 2 heterocycles. The molecule has 3 heteroatoms. The Morgan fingerprint density at radius 3 is 2.38 bits per heavy atom. The van der Waals surface area contributed by atoms with Crippen LogP contribution in [0.25, 0.3) is 0 Å². The lowest BCUT2D eigenvalue weighted by atomic mass is 9.60. The van der Waals surface area contributed by atoms with Gasteiger partial charge in [0, 0.05) is 30.2 Å². The van der Waals surface area contributed by atoms with Crippen molar-refractivity contribution in [2.75, 3.05) is 18.8 Å². The molecule has 3 aliphatic rings. The van der Waals surface area contributed by atoms with E-state index in [9.17, 15) is 0 Å². The van der Waals surface area contributed by atoms with Gasteiger partial charge >= 0.3 is 0 Å². The van der Waals surface area contributed by atoms with Crippen molar-refractivity contribution in [2.45, 2.75) is 43.4 Å². The first kappa shape index (κ1) is 16.4. The zero-order valence-corrected chi connectivity index (χ0v) is 16.0. The SMILES string of the molecule is c1ccc(C2(c3ccc(C4CCCN5CCSN=C45)cc3)CCC2)cc1. The van der Waals surface area contributed by atoms with E-state index in [1.807, 2.05) is 0 Å². The highest BCUT2D eigenvalue weighted by atomic mass is 32.2. The molecular formula is C23H26N2S. The summed E-state index contributed by atoms with van der Waals surface area (Å²) in [5, 5.41) is 0. The molecular weight excluding hydrogens is 336 g/mol. The summed E-state index contributed by atoms with van der Waals surface area (Å²) < 4.78 is 4.81. The monoisotopic (exact) mass is 362 g/mol. The van der Waals surface area contributed by atoms with Crippen LogP contribution in [0, 0.1) is 0 Å². The average Bonchev–Trinajstić information content (AvgIpc) is 2.68. The molecule has 1 atom stereocenters. The molecule has 0 spiro atoms. The molecule has 1 saturated carbocycles. The molecule has 0 radical (unpaired) electrons. The van der Waals surface area contributed by atoms with Gasteiger partial charge in [0.05, 0.1) is 0 Å². The fraction of sp³-hybridized carbons (Fsp3) is 0.435. The fourth-order valence-electron chi connectivity index (χ4n) is 4.94. The van der Waals surface area contributed by atoms with E-state index >= 15 is 0 Å². The number of hydrogen-bond acceptors (Lipinski definition) is 3. The number of benzene rings is 2. The Labute approximate surface area is 160 Å². The van der Waals surface area contributed by atoms with Gasteiger partial charge in [-0.05, 0) is 54.3 Å². The Hall–Kier alpha value is -1.74. The summed E-state index contributed by atoms with van der Waals surface area (Å²) >= 11 is 1.74. The van der Waals surface area contributed by atoms with Gasteiger partial charge in [-0.25, -0.2) is 4.40 Å². The molecule has 2 aliphatic heterocycles. The van der Waals surface area contributed by atoms with Crippen LogP contribution in [0.4, 0.5) is 0 Å². The zero-order chi connectivity index (χ0) is 17.4. The van der Waals surface area contributed by atoms with E-state index < -0.39 is 0 Å². The van der Waals surface area contributed by atoms with Crippen molar-refractivity contribution in [3.8, 4) is 0 Å². The largest absolute Gasteiger partial charge is 0.358 e. The molecule has 1 aliphatic carbocycles. The van der Waals surface area contributed by atoms with E-state index in [0.29, 0.717) is 5.92 Å². The minimum atomic E-state index is 0.247. The normalized spacial score (nSPS) is 24.4. The summed E-state index contributed by atoms with van der Waals surface area (Å²) in [5.41, 5.74) is 4.67. The second kappa shape index (κ2) is 6.77. The second-order valence-electron chi connectivity index (χ2n) is 7.89. The zero-order valence-electron chi connectivity index (χ0n) is 15.2. The number of amidine groups is 1. The van der Waals surface area contributed by atoms with Gasteiger partial charge in [-0.1, -0.05) is 61.0 Å². The Kier molecular flexibility index (Phi) is 4.28. The summed E-state index contributed by atoms with van der Waals surface area (Å²) in [4.78, 5) is 2.51. The minimum absolute atomic E-state index is 0.247. The van der Waals surface area contributed by atoms with Crippen molar-refractivity contribution in [1.82, 2.24) is 4.90 Å². The highest BCUT2D eigenvalue weighted by Gasteiger charge is 2.40. The molecule has 1 unspecified atom stereocenters. The van der Waals surface area contributed by atoms with E-state index in [1.54, 1.807) is 11.9 Å². The number of fused-ring (bicyclic) bond motifs is 1. The molecule has 2 aromatic rings. The standard InChI is InChI=1S/C23H26N2S/c1-2-6-19(7-3-1)23(13-5-14-23)20-11-9-18(10-12-20)21-8-4-15-25-16-17-26-24-22(21)25/h1-3,6-7,9-12,21H,4-5,8,13-17H2. The van der Waals surface area contributed by atoms with Crippen LogP contribution in [-0.2, 0) is 5.41 Å². The Morgan fingerprint density at radius 2 is 1.65 bits per heavy atom. The predicted octanol–water partition coefficient (Wildman–Crippen LogP) is 5.40. The molecule has 2 nitrogen and oxygen atoms in total. The van der Waals surface area contributed by atoms with Crippen LogP contribution in [0.15, 0.2) is 59.0 Å². The van der Waals surface area contributed by atoms with Crippen molar-refractivity contribution in [2.24, 2.45) is 4.40 Å². The lowest BCUT2D eigenvalue weighted by Gasteiger charge is -2.43. The number of nitrogens with zero attached hydrogens (tertiary/aromatic N) is 2. The van der Waals surface area contributed by atoms with Crippen molar-refractivity contribution in [3.63, 3.8) is 0 Å². The molecule has 26 heavy (non-hydrogen) atoms.